The number of aromatic nitrogens is 2. The van der Waals surface area contributed by atoms with Crippen LogP contribution < -0.4 is 10.6 Å². The van der Waals surface area contributed by atoms with E-state index in [-0.39, 0.29) is 5.91 Å². The maximum absolute atomic E-state index is 12.3. The topological polar surface area (TPSA) is 66.9 Å². The average molecular weight is 387 g/mol. The van der Waals surface area contributed by atoms with Crippen molar-refractivity contribution in [3.63, 3.8) is 0 Å². The summed E-state index contributed by atoms with van der Waals surface area (Å²) in [6, 6.07) is 12.9. The second kappa shape index (κ2) is 8.17. The largest absolute Gasteiger partial charge is 0.324 e. The summed E-state index contributed by atoms with van der Waals surface area (Å²) in [5.41, 5.74) is 3.02. The smallest absolute Gasteiger partial charge is 0.258 e. The number of aryl methyl sites for hydroxylation is 1. The van der Waals surface area contributed by atoms with E-state index in [9.17, 15) is 4.79 Å². The van der Waals surface area contributed by atoms with Crippen LogP contribution in [-0.4, -0.2) is 15.9 Å². The average Bonchev–Trinajstić information content (AvgIpc) is 2.66. The Labute approximate surface area is 161 Å². The Morgan fingerprint density at radius 3 is 2.23 bits per heavy atom. The normalized spacial score (nSPS) is 10.4. The molecule has 7 heteroatoms. The monoisotopic (exact) mass is 386 g/mol. The molecule has 2 aromatic carbocycles. The minimum atomic E-state index is -0.331. The predicted molar refractivity (Wildman–Crippen MR) is 106 cm³/mol. The Balaban J connectivity index is 1.66. The van der Waals surface area contributed by atoms with Gasteiger partial charge in [0.05, 0.1) is 15.6 Å². The summed E-state index contributed by atoms with van der Waals surface area (Å²) in [6.07, 6.45) is 3.91. The summed E-state index contributed by atoms with van der Waals surface area (Å²) in [5, 5.41) is 6.62. The fourth-order valence-corrected chi connectivity index (χ4v) is 2.54. The van der Waals surface area contributed by atoms with E-state index in [1.54, 1.807) is 18.2 Å². The molecule has 1 aromatic heterocycles. The van der Waals surface area contributed by atoms with Crippen molar-refractivity contribution in [3.05, 3.63) is 76.0 Å². The second-order valence-corrected chi connectivity index (χ2v) is 6.37. The molecule has 0 saturated heterocycles. The van der Waals surface area contributed by atoms with Gasteiger partial charge < -0.3 is 10.6 Å². The first-order valence-corrected chi connectivity index (χ1v) is 8.75. The standard InChI is InChI=1S/C19H16Cl2N4O/c1-2-12-3-5-14(6-4-12)25-19-22-10-13(11-23-19)18(26)24-15-7-8-16(20)17(21)9-15/h3-11H,2H2,1H3,(H,24,26)(H,22,23,25). The Morgan fingerprint density at radius 2 is 1.62 bits per heavy atom. The van der Waals surface area contributed by atoms with E-state index in [2.05, 4.69) is 27.5 Å². The number of rotatable bonds is 5. The third-order valence-electron chi connectivity index (χ3n) is 3.71. The molecule has 1 heterocycles. The lowest BCUT2D eigenvalue weighted by molar-refractivity contribution is 0.102. The lowest BCUT2D eigenvalue weighted by Gasteiger charge is -2.08. The van der Waals surface area contributed by atoms with Gasteiger partial charge in [-0.3, -0.25) is 4.79 Å². The summed E-state index contributed by atoms with van der Waals surface area (Å²) >= 11 is 11.8. The van der Waals surface area contributed by atoms with E-state index in [0.717, 1.165) is 12.1 Å². The molecular weight excluding hydrogens is 371 g/mol. The number of carbonyl (C=O) groups excluding carboxylic acids is 1. The minimum absolute atomic E-state index is 0.331. The molecule has 0 fully saturated rings. The van der Waals surface area contributed by atoms with Gasteiger partial charge in [-0.2, -0.15) is 0 Å². The van der Waals surface area contributed by atoms with Gasteiger partial charge >= 0.3 is 0 Å². The molecular formula is C19H16Cl2N4O. The molecule has 0 atom stereocenters. The first-order chi connectivity index (χ1) is 12.5. The number of nitrogens with one attached hydrogen (secondary N) is 2. The number of nitrogens with zero attached hydrogens (tertiary/aromatic N) is 2. The molecule has 3 aromatic rings. The van der Waals surface area contributed by atoms with Gasteiger partial charge in [-0.15, -0.1) is 0 Å². The van der Waals surface area contributed by atoms with Crippen molar-refractivity contribution in [2.24, 2.45) is 0 Å². The zero-order valence-electron chi connectivity index (χ0n) is 14.0. The van der Waals surface area contributed by atoms with Crippen LogP contribution >= 0.6 is 23.2 Å². The highest BCUT2D eigenvalue weighted by Gasteiger charge is 2.09. The van der Waals surface area contributed by atoms with Crippen molar-refractivity contribution >= 4 is 46.4 Å². The fraction of sp³-hybridized carbons (Fsp3) is 0.105. The highest BCUT2D eigenvalue weighted by atomic mass is 35.5. The third-order valence-corrected chi connectivity index (χ3v) is 4.45. The summed E-state index contributed by atoms with van der Waals surface area (Å²) in [5.74, 6) is 0.0857. The molecule has 0 aliphatic heterocycles. The maximum atomic E-state index is 12.3. The molecule has 0 radical (unpaired) electrons. The van der Waals surface area contributed by atoms with Crippen LogP contribution in [0.25, 0.3) is 0 Å². The molecule has 0 aliphatic carbocycles. The fourth-order valence-electron chi connectivity index (χ4n) is 2.24. The van der Waals surface area contributed by atoms with Crippen LogP contribution in [-0.2, 0) is 6.42 Å². The van der Waals surface area contributed by atoms with Crippen molar-refractivity contribution in [1.29, 1.82) is 0 Å². The summed E-state index contributed by atoms with van der Waals surface area (Å²) in [6.45, 7) is 2.10. The van der Waals surface area contributed by atoms with Crippen molar-refractivity contribution in [1.82, 2.24) is 9.97 Å². The van der Waals surface area contributed by atoms with Crippen molar-refractivity contribution in [3.8, 4) is 0 Å². The SMILES string of the molecule is CCc1ccc(Nc2ncc(C(=O)Nc3ccc(Cl)c(Cl)c3)cn2)cc1. The third kappa shape index (κ3) is 4.50. The highest BCUT2D eigenvalue weighted by Crippen LogP contribution is 2.25. The van der Waals surface area contributed by atoms with E-state index in [4.69, 9.17) is 23.2 Å². The lowest BCUT2D eigenvalue weighted by Crippen LogP contribution is -2.13. The summed E-state index contributed by atoms with van der Waals surface area (Å²) in [4.78, 5) is 20.6. The molecule has 0 aliphatic rings. The number of benzene rings is 2. The van der Waals surface area contributed by atoms with Crippen LogP contribution in [0.5, 0.6) is 0 Å². The molecule has 0 saturated carbocycles. The molecule has 3 rings (SSSR count). The zero-order chi connectivity index (χ0) is 18.5. The van der Waals surface area contributed by atoms with Crippen molar-refractivity contribution in [2.75, 3.05) is 10.6 Å². The van der Waals surface area contributed by atoms with Gasteiger partial charge in [0.25, 0.3) is 5.91 Å². The van der Waals surface area contributed by atoms with Gasteiger partial charge in [0.15, 0.2) is 0 Å². The first-order valence-electron chi connectivity index (χ1n) is 7.99. The van der Waals surface area contributed by atoms with Crippen molar-refractivity contribution < 1.29 is 4.79 Å². The van der Waals surface area contributed by atoms with Crippen LogP contribution in [0, 0.1) is 0 Å². The van der Waals surface area contributed by atoms with Crippen molar-refractivity contribution in [2.45, 2.75) is 13.3 Å². The maximum Gasteiger partial charge on any atom is 0.258 e. The predicted octanol–water partition coefficient (Wildman–Crippen LogP) is 5.34. The van der Waals surface area contributed by atoms with Crippen LogP contribution in [0.2, 0.25) is 10.0 Å². The molecule has 2 N–H and O–H groups in total. The zero-order valence-corrected chi connectivity index (χ0v) is 15.5. The van der Waals surface area contributed by atoms with E-state index >= 15 is 0 Å². The van der Waals surface area contributed by atoms with E-state index in [1.807, 2.05) is 24.3 Å². The number of carbonyl (C=O) groups is 1. The molecule has 0 bridgehead atoms. The molecule has 0 spiro atoms. The number of hydrogen-bond donors (Lipinski definition) is 2. The Kier molecular flexibility index (Phi) is 5.71. The Bertz CT molecular complexity index is 912. The van der Waals surface area contributed by atoms with Crippen LogP contribution in [0.15, 0.2) is 54.9 Å². The molecule has 132 valence electrons. The Hall–Kier alpha value is -2.63. The van der Waals surface area contributed by atoms with Gasteiger partial charge in [0.2, 0.25) is 5.95 Å². The number of amides is 1. The summed E-state index contributed by atoms with van der Waals surface area (Å²) < 4.78 is 0. The lowest BCUT2D eigenvalue weighted by atomic mass is 10.1. The van der Waals surface area contributed by atoms with Gasteiger partial charge in [-0.25, -0.2) is 9.97 Å². The number of hydrogen-bond acceptors (Lipinski definition) is 4. The van der Waals surface area contributed by atoms with Gasteiger partial charge in [0.1, 0.15) is 0 Å². The first kappa shape index (κ1) is 18.2. The quantitative estimate of drug-likeness (QED) is 0.620. The highest BCUT2D eigenvalue weighted by molar-refractivity contribution is 6.42. The number of halogens is 2. The van der Waals surface area contributed by atoms with Crippen LogP contribution in [0.1, 0.15) is 22.8 Å². The van der Waals surface area contributed by atoms with Crippen LogP contribution in [0.3, 0.4) is 0 Å². The molecule has 1 amide bonds. The Morgan fingerprint density at radius 1 is 0.962 bits per heavy atom. The van der Waals surface area contributed by atoms with E-state index in [1.165, 1.54) is 18.0 Å². The molecule has 5 nitrogen and oxygen atoms in total. The summed E-state index contributed by atoms with van der Waals surface area (Å²) in [7, 11) is 0. The number of anilines is 3. The molecule has 26 heavy (non-hydrogen) atoms. The van der Waals surface area contributed by atoms with Gasteiger partial charge in [-0.05, 0) is 42.3 Å². The van der Waals surface area contributed by atoms with Gasteiger partial charge in [-0.1, -0.05) is 42.3 Å². The second-order valence-electron chi connectivity index (χ2n) is 5.55. The van der Waals surface area contributed by atoms with E-state index < -0.39 is 0 Å². The van der Waals surface area contributed by atoms with E-state index in [0.29, 0.717) is 27.2 Å². The van der Waals surface area contributed by atoms with Crippen LogP contribution in [0.4, 0.5) is 17.3 Å². The molecule has 0 unspecified atom stereocenters. The van der Waals surface area contributed by atoms with Gasteiger partial charge in [0, 0.05) is 23.8 Å². The minimum Gasteiger partial charge on any atom is -0.324 e.